The SMILES string of the molecule is Cc1ncc(Br)c(=O)n1C(C)c1ccc(F)cc1. The Hall–Kier alpha value is -1.49. The zero-order valence-corrected chi connectivity index (χ0v) is 11.6. The van der Waals surface area contributed by atoms with E-state index in [-0.39, 0.29) is 17.4 Å². The molecule has 5 heteroatoms. The molecule has 0 N–H and O–H groups in total. The van der Waals surface area contributed by atoms with Gasteiger partial charge in [-0.2, -0.15) is 0 Å². The summed E-state index contributed by atoms with van der Waals surface area (Å²) < 4.78 is 14.9. The van der Waals surface area contributed by atoms with Crippen LogP contribution in [0.1, 0.15) is 24.4 Å². The maximum atomic E-state index is 12.9. The second kappa shape index (κ2) is 5.02. The quantitative estimate of drug-likeness (QED) is 0.854. The fourth-order valence-corrected chi connectivity index (χ4v) is 2.17. The van der Waals surface area contributed by atoms with Gasteiger partial charge in [-0.05, 0) is 47.5 Å². The summed E-state index contributed by atoms with van der Waals surface area (Å²) in [6.45, 7) is 3.66. The van der Waals surface area contributed by atoms with Gasteiger partial charge in [-0.25, -0.2) is 9.37 Å². The predicted molar refractivity (Wildman–Crippen MR) is 71.1 cm³/mol. The predicted octanol–water partition coefficient (Wildman–Crippen LogP) is 3.06. The third-order valence-electron chi connectivity index (χ3n) is 2.88. The van der Waals surface area contributed by atoms with Crippen LogP contribution in [-0.2, 0) is 0 Å². The van der Waals surface area contributed by atoms with Crippen LogP contribution in [0.15, 0.2) is 39.7 Å². The van der Waals surface area contributed by atoms with Crippen molar-refractivity contribution in [2.24, 2.45) is 0 Å². The summed E-state index contributed by atoms with van der Waals surface area (Å²) in [4.78, 5) is 16.2. The van der Waals surface area contributed by atoms with E-state index in [4.69, 9.17) is 0 Å². The summed E-state index contributed by atoms with van der Waals surface area (Å²) in [6.07, 6.45) is 1.49. The van der Waals surface area contributed by atoms with E-state index in [2.05, 4.69) is 20.9 Å². The maximum Gasteiger partial charge on any atom is 0.268 e. The van der Waals surface area contributed by atoms with Gasteiger partial charge in [0.05, 0.1) is 6.04 Å². The van der Waals surface area contributed by atoms with Gasteiger partial charge >= 0.3 is 0 Å². The molecule has 1 heterocycles. The van der Waals surface area contributed by atoms with Crippen LogP contribution < -0.4 is 5.56 Å². The van der Waals surface area contributed by atoms with Gasteiger partial charge in [-0.1, -0.05) is 12.1 Å². The Bertz CT molecular complexity index is 622. The first kappa shape index (κ1) is 13.0. The summed E-state index contributed by atoms with van der Waals surface area (Å²) in [7, 11) is 0. The molecule has 2 aromatic rings. The van der Waals surface area contributed by atoms with Gasteiger partial charge in [-0.3, -0.25) is 9.36 Å². The van der Waals surface area contributed by atoms with Crippen molar-refractivity contribution in [2.75, 3.05) is 0 Å². The third-order valence-corrected chi connectivity index (χ3v) is 3.42. The molecule has 2 rings (SSSR count). The average molecular weight is 311 g/mol. The maximum absolute atomic E-state index is 12.9. The minimum Gasteiger partial charge on any atom is -0.289 e. The van der Waals surface area contributed by atoms with Crippen molar-refractivity contribution in [1.82, 2.24) is 9.55 Å². The Kier molecular flexibility index (Phi) is 3.61. The van der Waals surface area contributed by atoms with Crippen LogP contribution in [0, 0.1) is 12.7 Å². The second-order valence-electron chi connectivity index (χ2n) is 4.06. The number of nitrogens with zero attached hydrogens (tertiary/aromatic N) is 2. The topological polar surface area (TPSA) is 34.9 Å². The number of halogens is 2. The number of hydrogen-bond acceptors (Lipinski definition) is 2. The third kappa shape index (κ3) is 2.36. The van der Waals surface area contributed by atoms with E-state index in [0.29, 0.717) is 10.3 Å². The van der Waals surface area contributed by atoms with Crippen molar-refractivity contribution >= 4 is 15.9 Å². The van der Waals surface area contributed by atoms with Gasteiger partial charge in [0.2, 0.25) is 0 Å². The lowest BCUT2D eigenvalue weighted by Crippen LogP contribution is -2.27. The molecule has 0 saturated heterocycles. The molecule has 1 unspecified atom stereocenters. The minimum atomic E-state index is -0.289. The Balaban J connectivity index is 2.52. The molecule has 18 heavy (non-hydrogen) atoms. The molecule has 0 radical (unpaired) electrons. The summed E-state index contributed by atoms with van der Waals surface area (Å²) in [5.74, 6) is 0.336. The zero-order valence-electron chi connectivity index (χ0n) is 10.0. The highest BCUT2D eigenvalue weighted by Gasteiger charge is 2.14. The monoisotopic (exact) mass is 310 g/mol. The van der Waals surface area contributed by atoms with E-state index in [1.807, 2.05) is 6.92 Å². The molecule has 1 aromatic carbocycles. The van der Waals surface area contributed by atoms with Crippen molar-refractivity contribution in [3.8, 4) is 0 Å². The lowest BCUT2D eigenvalue weighted by atomic mass is 10.1. The minimum absolute atomic E-state index is 0.140. The molecule has 0 spiro atoms. The smallest absolute Gasteiger partial charge is 0.268 e. The van der Waals surface area contributed by atoms with Crippen LogP contribution in [0.25, 0.3) is 0 Å². The molecule has 0 amide bonds. The normalized spacial score (nSPS) is 12.4. The van der Waals surface area contributed by atoms with Gasteiger partial charge in [0.25, 0.3) is 5.56 Å². The van der Waals surface area contributed by atoms with E-state index >= 15 is 0 Å². The molecule has 0 bridgehead atoms. The van der Waals surface area contributed by atoms with E-state index in [1.54, 1.807) is 23.6 Å². The number of benzene rings is 1. The van der Waals surface area contributed by atoms with Crippen LogP contribution in [-0.4, -0.2) is 9.55 Å². The largest absolute Gasteiger partial charge is 0.289 e. The van der Waals surface area contributed by atoms with Gasteiger partial charge in [0.1, 0.15) is 16.1 Å². The lowest BCUT2D eigenvalue weighted by molar-refractivity contribution is 0.574. The Morgan fingerprint density at radius 3 is 2.56 bits per heavy atom. The van der Waals surface area contributed by atoms with Crippen molar-refractivity contribution < 1.29 is 4.39 Å². The summed E-state index contributed by atoms with van der Waals surface area (Å²) in [5.41, 5.74) is 0.723. The van der Waals surface area contributed by atoms with E-state index in [0.717, 1.165) is 5.56 Å². The Morgan fingerprint density at radius 2 is 1.94 bits per heavy atom. The highest BCUT2D eigenvalue weighted by atomic mass is 79.9. The van der Waals surface area contributed by atoms with Crippen LogP contribution >= 0.6 is 15.9 Å². The first-order valence-electron chi connectivity index (χ1n) is 5.50. The first-order valence-corrected chi connectivity index (χ1v) is 6.29. The zero-order chi connectivity index (χ0) is 13.3. The summed E-state index contributed by atoms with van der Waals surface area (Å²) in [5, 5.41) is 0. The second-order valence-corrected chi connectivity index (χ2v) is 4.91. The van der Waals surface area contributed by atoms with Crippen molar-refractivity contribution in [2.45, 2.75) is 19.9 Å². The van der Waals surface area contributed by atoms with Gasteiger partial charge < -0.3 is 0 Å². The molecule has 94 valence electrons. The summed E-state index contributed by atoms with van der Waals surface area (Å²) >= 11 is 3.18. The fourth-order valence-electron chi connectivity index (χ4n) is 1.88. The van der Waals surface area contributed by atoms with Crippen molar-refractivity contribution in [3.63, 3.8) is 0 Å². The van der Waals surface area contributed by atoms with Gasteiger partial charge in [-0.15, -0.1) is 0 Å². The lowest BCUT2D eigenvalue weighted by Gasteiger charge is -2.18. The van der Waals surface area contributed by atoms with Crippen LogP contribution in [0.3, 0.4) is 0 Å². The average Bonchev–Trinajstić information content (AvgIpc) is 2.35. The molecule has 0 aliphatic rings. The molecule has 0 fully saturated rings. The molecular weight excluding hydrogens is 299 g/mol. The summed E-state index contributed by atoms with van der Waals surface area (Å²) in [6, 6.07) is 5.93. The van der Waals surface area contributed by atoms with Crippen LogP contribution in [0.2, 0.25) is 0 Å². The van der Waals surface area contributed by atoms with E-state index in [9.17, 15) is 9.18 Å². The molecule has 1 atom stereocenters. The number of aryl methyl sites for hydroxylation is 1. The van der Waals surface area contributed by atoms with Gasteiger partial charge in [0.15, 0.2) is 0 Å². The molecule has 0 aliphatic heterocycles. The van der Waals surface area contributed by atoms with E-state index < -0.39 is 0 Å². The molecule has 3 nitrogen and oxygen atoms in total. The molecule has 0 saturated carbocycles. The Morgan fingerprint density at radius 1 is 1.33 bits per heavy atom. The molecular formula is C13H12BrFN2O. The number of rotatable bonds is 2. The highest BCUT2D eigenvalue weighted by molar-refractivity contribution is 9.10. The molecule has 1 aromatic heterocycles. The van der Waals surface area contributed by atoms with Crippen LogP contribution in [0.5, 0.6) is 0 Å². The Labute approximate surface area is 112 Å². The highest BCUT2D eigenvalue weighted by Crippen LogP contribution is 2.18. The fraction of sp³-hybridized carbons (Fsp3) is 0.231. The first-order chi connectivity index (χ1) is 8.50. The molecule has 0 aliphatic carbocycles. The van der Waals surface area contributed by atoms with E-state index in [1.165, 1.54) is 18.3 Å². The van der Waals surface area contributed by atoms with Crippen LogP contribution in [0.4, 0.5) is 4.39 Å². The standard InChI is InChI=1S/C13H12BrFN2O/c1-8(10-3-5-11(15)6-4-10)17-9(2)16-7-12(14)13(17)18/h3-8H,1-2H3. The number of hydrogen-bond donors (Lipinski definition) is 0. The van der Waals surface area contributed by atoms with Crippen molar-refractivity contribution in [1.29, 1.82) is 0 Å². The van der Waals surface area contributed by atoms with Crippen molar-refractivity contribution in [3.05, 3.63) is 62.5 Å². The van der Waals surface area contributed by atoms with Gasteiger partial charge in [0, 0.05) is 6.20 Å². The number of aromatic nitrogens is 2.